The van der Waals surface area contributed by atoms with Gasteiger partial charge in [-0.2, -0.15) is 5.10 Å². The van der Waals surface area contributed by atoms with Gasteiger partial charge in [0.1, 0.15) is 0 Å². The first-order valence-corrected chi connectivity index (χ1v) is 6.30. The molecule has 96 valence electrons. The zero-order valence-corrected chi connectivity index (χ0v) is 11.1. The topological polar surface area (TPSA) is 42.7 Å². The predicted molar refractivity (Wildman–Crippen MR) is 77.0 cm³/mol. The molecule has 1 N–H and O–H groups in total. The summed E-state index contributed by atoms with van der Waals surface area (Å²) in [5.41, 5.74) is 3.41. The number of aromatic nitrogens is 3. The van der Waals surface area contributed by atoms with E-state index in [9.17, 15) is 0 Å². The fourth-order valence-corrected chi connectivity index (χ4v) is 2.29. The highest BCUT2D eigenvalue weighted by molar-refractivity contribution is 5.93. The number of hydrogen-bond acceptors (Lipinski definition) is 3. The van der Waals surface area contributed by atoms with Crippen LogP contribution in [-0.4, -0.2) is 14.8 Å². The molecule has 0 spiro atoms. The maximum atomic E-state index is 4.35. The van der Waals surface area contributed by atoms with Crippen molar-refractivity contribution in [1.29, 1.82) is 0 Å². The van der Waals surface area contributed by atoms with Crippen LogP contribution in [0.5, 0.6) is 0 Å². The standard InChI is InChI=1S/C15H16N4/c1-11-13(10-19(2)18-11)9-17-15-5-3-4-12-8-16-7-6-14(12)15/h3-8,10,17H,9H2,1-2H3. The molecular formula is C15H16N4. The fraction of sp³-hybridized carbons (Fsp3) is 0.200. The molecule has 0 saturated heterocycles. The third-order valence-corrected chi connectivity index (χ3v) is 3.27. The van der Waals surface area contributed by atoms with Crippen molar-refractivity contribution in [2.45, 2.75) is 13.5 Å². The molecule has 19 heavy (non-hydrogen) atoms. The van der Waals surface area contributed by atoms with Gasteiger partial charge in [-0.05, 0) is 19.1 Å². The van der Waals surface area contributed by atoms with E-state index in [-0.39, 0.29) is 0 Å². The lowest BCUT2D eigenvalue weighted by atomic mass is 10.1. The summed E-state index contributed by atoms with van der Waals surface area (Å²) in [5.74, 6) is 0. The summed E-state index contributed by atoms with van der Waals surface area (Å²) in [6, 6.07) is 8.24. The maximum absolute atomic E-state index is 4.35. The normalized spacial score (nSPS) is 10.8. The van der Waals surface area contributed by atoms with Gasteiger partial charge in [-0.25, -0.2) is 0 Å². The van der Waals surface area contributed by atoms with Crippen LogP contribution in [-0.2, 0) is 13.6 Å². The van der Waals surface area contributed by atoms with Gasteiger partial charge in [-0.15, -0.1) is 0 Å². The third kappa shape index (κ3) is 2.29. The molecular weight excluding hydrogens is 236 g/mol. The molecule has 2 aromatic heterocycles. The van der Waals surface area contributed by atoms with Crippen molar-refractivity contribution in [3.63, 3.8) is 0 Å². The van der Waals surface area contributed by atoms with Gasteiger partial charge in [0.15, 0.2) is 0 Å². The molecule has 3 aromatic rings. The number of benzene rings is 1. The molecule has 1 aromatic carbocycles. The molecule has 0 aliphatic heterocycles. The third-order valence-electron chi connectivity index (χ3n) is 3.27. The first kappa shape index (κ1) is 11.7. The highest BCUT2D eigenvalue weighted by Gasteiger charge is 2.04. The van der Waals surface area contributed by atoms with Crippen molar-refractivity contribution >= 4 is 16.5 Å². The molecule has 0 bridgehead atoms. The second-order valence-corrected chi connectivity index (χ2v) is 4.67. The molecule has 4 nitrogen and oxygen atoms in total. The van der Waals surface area contributed by atoms with Crippen LogP contribution in [0.1, 0.15) is 11.3 Å². The van der Waals surface area contributed by atoms with Gasteiger partial charge < -0.3 is 5.32 Å². The first-order chi connectivity index (χ1) is 9.24. The molecule has 0 unspecified atom stereocenters. The highest BCUT2D eigenvalue weighted by atomic mass is 15.2. The van der Waals surface area contributed by atoms with Gasteiger partial charge in [0.25, 0.3) is 0 Å². The molecule has 0 amide bonds. The van der Waals surface area contributed by atoms with Crippen molar-refractivity contribution in [2.75, 3.05) is 5.32 Å². The lowest BCUT2D eigenvalue weighted by Crippen LogP contribution is -2.00. The molecule has 0 aliphatic carbocycles. The van der Waals surface area contributed by atoms with E-state index in [0.717, 1.165) is 23.3 Å². The van der Waals surface area contributed by atoms with Crippen LogP contribution in [0.15, 0.2) is 42.9 Å². The zero-order chi connectivity index (χ0) is 13.2. The summed E-state index contributed by atoms with van der Waals surface area (Å²) in [6.07, 6.45) is 5.76. The second kappa shape index (κ2) is 4.72. The van der Waals surface area contributed by atoms with Crippen LogP contribution < -0.4 is 5.32 Å². The van der Waals surface area contributed by atoms with Gasteiger partial charge in [0.05, 0.1) is 5.69 Å². The van der Waals surface area contributed by atoms with E-state index in [0.29, 0.717) is 0 Å². The predicted octanol–water partition coefficient (Wildman–Crippen LogP) is 2.89. The Labute approximate surface area is 112 Å². The Hall–Kier alpha value is -2.36. The zero-order valence-electron chi connectivity index (χ0n) is 11.1. The van der Waals surface area contributed by atoms with Crippen LogP contribution in [0.3, 0.4) is 0 Å². The number of fused-ring (bicyclic) bond motifs is 1. The number of nitrogens with zero attached hydrogens (tertiary/aromatic N) is 3. The Morgan fingerprint density at radius 3 is 2.95 bits per heavy atom. The second-order valence-electron chi connectivity index (χ2n) is 4.67. The van der Waals surface area contributed by atoms with Crippen LogP contribution in [0.4, 0.5) is 5.69 Å². The molecule has 0 aliphatic rings. The van der Waals surface area contributed by atoms with Crippen molar-refractivity contribution in [3.8, 4) is 0 Å². The summed E-state index contributed by atoms with van der Waals surface area (Å²) < 4.78 is 1.85. The van der Waals surface area contributed by atoms with Crippen LogP contribution in [0.2, 0.25) is 0 Å². The number of anilines is 1. The molecule has 0 saturated carbocycles. The Morgan fingerprint density at radius 1 is 1.26 bits per heavy atom. The van der Waals surface area contributed by atoms with Crippen LogP contribution >= 0.6 is 0 Å². The minimum absolute atomic E-state index is 0.779. The van der Waals surface area contributed by atoms with E-state index in [1.165, 1.54) is 10.9 Å². The minimum atomic E-state index is 0.779. The van der Waals surface area contributed by atoms with Gasteiger partial charge in [-0.3, -0.25) is 9.67 Å². The molecule has 4 heteroatoms. The summed E-state index contributed by atoms with van der Waals surface area (Å²) in [4.78, 5) is 4.15. The number of rotatable bonds is 3. The van der Waals surface area contributed by atoms with Crippen LogP contribution in [0.25, 0.3) is 10.8 Å². The summed E-state index contributed by atoms with van der Waals surface area (Å²) >= 11 is 0. The van der Waals surface area contributed by atoms with Crippen molar-refractivity contribution < 1.29 is 0 Å². The SMILES string of the molecule is Cc1nn(C)cc1CNc1cccc2cnccc12. The summed E-state index contributed by atoms with van der Waals surface area (Å²) in [5, 5.41) is 10.2. The number of aryl methyl sites for hydroxylation is 2. The summed E-state index contributed by atoms with van der Waals surface area (Å²) in [6.45, 7) is 2.81. The average molecular weight is 252 g/mol. The van der Waals surface area contributed by atoms with Gasteiger partial charge in [0.2, 0.25) is 0 Å². The molecule has 2 heterocycles. The fourth-order valence-electron chi connectivity index (χ4n) is 2.29. The summed E-state index contributed by atoms with van der Waals surface area (Å²) in [7, 11) is 1.94. The van der Waals surface area contributed by atoms with E-state index in [1.54, 1.807) is 0 Å². The van der Waals surface area contributed by atoms with E-state index < -0.39 is 0 Å². The van der Waals surface area contributed by atoms with Crippen molar-refractivity contribution in [2.24, 2.45) is 7.05 Å². The molecule has 0 radical (unpaired) electrons. The number of nitrogens with one attached hydrogen (secondary N) is 1. The van der Waals surface area contributed by atoms with E-state index in [4.69, 9.17) is 0 Å². The number of pyridine rings is 1. The molecule has 0 fully saturated rings. The van der Waals surface area contributed by atoms with Gasteiger partial charge in [-0.1, -0.05) is 12.1 Å². The first-order valence-electron chi connectivity index (χ1n) is 6.30. The smallest absolute Gasteiger partial charge is 0.0643 e. The molecule has 3 rings (SSSR count). The maximum Gasteiger partial charge on any atom is 0.0643 e. The molecule has 0 atom stereocenters. The van der Waals surface area contributed by atoms with Gasteiger partial charge >= 0.3 is 0 Å². The lowest BCUT2D eigenvalue weighted by Gasteiger charge is -2.08. The minimum Gasteiger partial charge on any atom is -0.380 e. The van der Waals surface area contributed by atoms with E-state index in [2.05, 4.69) is 33.7 Å². The Balaban J connectivity index is 1.88. The Kier molecular flexibility index (Phi) is 2.91. The highest BCUT2D eigenvalue weighted by Crippen LogP contribution is 2.22. The largest absolute Gasteiger partial charge is 0.380 e. The van der Waals surface area contributed by atoms with Gasteiger partial charge in [0, 0.05) is 54.2 Å². The van der Waals surface area contributed by atoms with E-state index >= 15 is 0 Å². The monoisotopic (exact) mass is 252 g/mol. The van der Waals surface area contributed by atoms with Crippen molar-refractivity contribution in [1.82, 2.24) is 14.8 Å². The van der Waals surface area contributed by atoms with Crippen molar-refractivity contribution in [3.05, 3.63) is 54.1 Å². The average Bonchev–Trinajstić information content (AvgIpc) is 2.74. The Bertz CT molecular complexity index is 710. The van der Waals surface area contributed by atoms with Crippen LogP contribution in [0, 0.1) is 6.92 Å². The lowest BCUT2D eigenvalue weighted by molar-refractivity contribution is 0.756. The quantitative estimate of drug-likeness (QED) is 0.779. The van der Waals surface area contributed by atoms with E-state index in [1.807, 2.05) is 43.2 Å². The Morgan fingerprint density at radius 2 is 2.16 bits per heavy atom. The number of hydrogen-bond donors (Lipinski definition) is 1.